The van der Waals surface area contributed by atoms with Gasteiger partial charge in [0, 0.05) is 12.6 Å². The van der Waals surface area contributed by atoms with E-state index >= 15 is 0 Å². The van der Waals surface area contributed by atoms with E-state index in [1.165, 1.54) is 0 Å². The number of benzene rings is 1. The van der Waals surface area contributed by atoms with Crippen molar-refractivity contribution in [3.8, 4) is 5.75 Å². The first-order valence-corrected chi connectivity index (χ1v) is 8.43. The lowest BCUT2D eigenvalue weighted by molar-refractivity contribution is -0.173. The number of ether oxygens (including phenoxy) is 1. The lowest BCUT2D eigenvalue weighted by Gasteiger charge is -2.22. The van der Waals surface area contributed by atoms with Crippen molar-refractivity contribution in [3.63, 3.8) is 0 Å². The van der Waals surface area contributed by atoms with E-state index in [0.717, 1.165) is 12.0 Å². The van der Waals surface area contributed by atoms with Crippen LogP contribution in [0.25, 0.3) is 0 Å². The molecule has 11 heteroatoms. The van der Waals surface area contributed by atoms with E-state index in [-0.39, 0.29) is 43.5 Å². The van der Waals surface area contributed by atoms with Gasteiger partial charge in [-0.3, -0.25) is 4.79 Å². The molecule has 0 saturated carbocycles. The summed E-state index contributed by atoms with van der Waals surface area (Å²) in [5, 5.41) is 1.85. The Kier molecular flexibility index (Phi) is 10.6. The lowest BCUT2D eigenvalue weighted by Crippen LogP contribution is -2.37. The molecule has 0 fully saturated rings. The first-order valence-electron chi connectivity index (χ1n) is 8.43. The number of carbonyl (C=O) groups is 1. The monoisotopic (exact) mass is 444 g/mol. The van der Waals surface area contributed by atoms with Gasteiger partial charge in [0.25, 0.3) is 0 Å². The first-order chi connectivity index (χ1) is 12.2. The van der Waals surface area contributed by atoms with Gasteiger partial charge < -0.3 is 21.5 Å². The van der Waals surface area contributed by atoms with Gasteiger partial charge in [0.05, 0.1) is 0 Å². The topological polar surface area (TPSA) is 103 Å². The second-order valence-electron chi connectivity index (χ2n) is 6.23. The van der Waals surface area contributed by atoms with Crippen molar-refractivity contribution in [2.45, 2.75) is 50.9 Å². The molecule has 0 aromatic heterocycles. The molecule has 0 bridgehead atoms. The van der Waals surface area contributed by atoms with Gasteiger partial charge in [-0.25, -0.2) is 4.99 Å². The number of nitrogens with one attached hydrogen (secondary N) is 1. The minimum Gasteiger partial charge on any atom is -0.481 e. The SMILES string of the molecule is CC1Oc2ccc(C(N)CCCCCNC(=O)C(F)(F)F)cc2N=C1N.Cl.Cl. The van der Waals surface area contributed by atoms with Crippen LogP contribution < -0.4 is 21.5 Å². The molecule has 1 heterocycles. The minimum absolute atomic E-state index is 0. The zero-order valence-corrected chi connectivity index (χ0v) is 16.9. The summed E-state index contributed by atoms with van der Waals surface area (Å²) in [5.74, 6) is -0.841. The highest BCUT2D eigenvalue weighted by molar-refractivity contribution is 5.89. The summed E-state index contributed by atoms with van der Waals surface area (Å²) in [6, 6.07) is 5.30. The number of fused-ring (bicyclic) bond motifs is 1. The van der Waals surface area contributed by atoms with Crippen LogP contribution in [0, 0.1) is 0 Å². The third-order valence-electron chi connectivity index (χ3n) is 4.12. The molecule has 1 aromatic rings. The minimum atomic E-state index is -4.83. The van der Waals surface area contributed by atoms with Crippen LogP contribution in [0.3, 0.4) is 0 Å². The molecule has 2 unspecified atom stereocenters. The molecular weight excluding hydrogens is 420 g/mol. The zero-order valence-electron chi connectivity index (χ0n) is 15.3. The van der Waals surface area contributed by atoms with Crippen molar-refractivity contribution < 1.29 is 22.7 Å². The highest BCUT2D eigenvalue weighted by Gasteiger charge is 2.38. The summed E-state index contributed by atoms with van der Waals surface area (Å²) in [5.41, 5.74) is 13.5. The fourth-order valence-electron chi connectivity index (χ4n) is 2.57. The van der Waals surface area contributed by atoms with Gasteiger partial charge in [0.1, 0.15) is 17.3 Å². The van der Waals surface area contributed by atoms with Gasteiger partial charge in [-0.1, -0.05) is 18.9 Å². The second-order valence-corrected chi connectivity index (χ2v) is 6.23. The predicted octanol–water partition coefficient (Wildman–Crippen LogP) is 3.54. The Morgan fingerprint density at radius 2 is 1.96 bits per heavy atom. The summed E-state index contributed by atoms with van der Waals surface area (Å²) in [6.07, 6.45) is -2.56. The Morgan fingerprint density at radius 3 is 2.61 bits per heavy atom. The Morgan fingerprint density at radius 1 is 1.29 bits per heavy atom. The number of carbonyl (C=O) groups excluding carboxylic acids is 1. The maximum absolute atomic E-state index is 12.0. The maximum Gasteiger partial charge on any atom is 0.471 e. The molecule has 1 aromatic carbocycles. The zero-order chi connectivity index (χ0) is 19.3. The Bertz CT molecular complexity index is 687. The van der Waals surface area contributed by atoms with Gasteiger partial charge in [0.2, 0.25) is 0 Å². The standard InChI is InChI=1S/C17H23F3N4O2.2ClH/c1-10-15(22)24-13-9-11(6-7-14(13)26-10)12(21)5-3-2-4-8-23-16(25)17(18,19)20;;/h6-7,9-10,12H,2-5,8,21H2,1H3,(H2,22,24)(H,23,25);2*1H. The quantitative estimate of drug-likeness (QED) is 0.559. The van der Waals surface area contributed by atoms with E-state index in [2.05, 4.69) is 4.99 Å². The second kappa shape index (κ2) is 11.3. The molecule has 1 amide bonds. The molecule has 6 nitrogen and oxygen atoms in total. The van der Waals surface area contributed by atoms with E-state index < -0.39 is 12.1 Å². The third kappa shape index (κ3) is 7.37. The number of nitrogens with two attached hydrogens (primary N) is 2. The molecule has 5 N–H and O–H groups in total. The van der Waals surface area contributed by atoms with Crippen LogP contribution in [0.4, 0.5) is 18.9 Å². The van der Waals surface area contributed by atoms with Gasteiger partial charge in [-0.05, 0) is 37.5 Å². The van der Waals surface area contributed by atoms with Crippen molar-refractivity contribution in [1.29, 1.82) is 0 Å². The maximum atomic E-state index is 12.0. The summed E-state index contributed by atoms with van der Waals surface area (Å²) < 4.78 is 41.7. The third-order valence-corrected chi connectivity index (χ3v) is 4.12. The van der Waals surface area contributed by atoms with Crippen molar-refractivity contribution >= 4 is 42.2 Å². The van der Waals surface area contributed by atoms with Gasteiger partial charge in [0.15, 0.2) is 6.10 Å². The van der Waals surface area contributed by atoms with Crippen molar-refractivity contribution in [2.24, 2.45) is 16.5 Å². The Labute approximate surface area is 174 Å². The van der Waals surface area contributed by atoms with Crippen LogP contribution in [0.15, 0.2) is 23.2 Å². The Balaban J connectivity index is 0.00000364. The van der Waals surface area contributed by atoms with Gasteiger partial charge in [-0.15, -0.1) is 24.8 Å². The summed E-state index contributed by atoms with van der Waals surface area (Å²) in [7, 11) is 0. The fraction of sp³-hybridized carbons (Fsp3) is 0.529. The molecule has 0 spiro atoms. The van der Waals surface area contributed by atoms with Crippen LogP contribution in [-0.2, 0) is 4.79 Å². The van der Waals surface area contributed by atoms with E-state index in [4.69, 9.17) is 16.2 Å². The normalized spacial score (nSPS) is 16.5. The number of halogens is 5. The largest absolute Gasteiger partial charge is 0.481 e. The number of amidine groups is 1. The average Bonchev–Trinajstić information content (AvgIpc) is 2.57. The molecule has 2 atom stereocenters. The van der Waals surface area contributed by atoms with Crippen molar-refractivity contribution in [2.75, 3.05) is 6.54 Å². The first kappa shape index (κ1) is 26.3. The molecule has 0 saturated heterocycles. The highest BCUT2D eigenvalue weighted by atomic mass is 35.5. The number of alkyl halides is 3. The molecule has 0 radical (unpaired) electrons. The number of unbranched alkanes of at least 4 members (excludes halogenated alkanes) is 2. The number of nitrogens with zero attached hydrogens (tertiary/aromatic N) is 1. The van der Waals surface area contributed by atoms with E-state index in [0.29, 0.717) is 36.5 Å². The number of amides is 1. The van der Waals surface area contributed by atoms with E-state index in [9.17, 15) is 18.0 Å². The molecule has 0 aliphatic carbocycles. The van der Waals surface area contributed by atoms with Crippen LogP contribution >= 0.6 is 24.8 Å². The molecule has 1 aliphatic heterocycles. The summed E-state index contributed by atoms with van der Waals surface area (Å²) in [4.78, 5) is 15.0. The summed E-state index contributed by atoms with van der Waals surface area (Å²) >= 11 is 0. The van der Waals surface area contributed by atoms with Crippen LogP contribution in [0.1, 0.15) is 44.2 Å². The predicted molar refractivity (Wildman–Crippen MR) is 107 cm³/mol. The molecule has 28 heavy (non-hydrogen) atoms. The summed E-state index contributed by atoms with van der Waals surface area (Å²) in [6.45, 7) is 1.81. The van der Waals surface area contributed by atoms with Crippen molar-refractivity contribution in [3.05, 3.63) is 23.8 Å². The lowest BCUT2D eigenvalue weighted by atomic mass is 10.00. The van der Waals surface area contributed by atoms with E-state index in [1.807, 2.05) is 30.4 Å². The van der Waals surface area contributed by atoms with Crippen molar-refractivity contribution in [1.82, 2.24) is 5.32 Å². The van der Waals surface area contributed by atoms with E-state index in [1.54, 1.807) is 0 Å². The van der Waals surface area contributed by atoms with Crippen LogP contribution in [0.2, 0.25) is 0 Å². The molecule has 1 aliphatic rings. The van der Waals surface area contributed by atoms with Gasteiger partial charge >= 0.3 is 12.1 Å². The fourth-order valence-corrected chi connectivity index (χ4v) is 2.57. The average molecular weight is 445 g/mol. The number of rotatable bonds is 7. The molecule has 160 valence electrons. The number of hydrogen-bond acceptors (Lipinski definition) is 5. The smallest absolute Gasteiger partial charge is 0.471 e. The molecule has 2 rings (SSSR count). The highest BCUT2D eigenvalue weighted by Crippen LogP contribution is 2.34. The Hall–Kier alpha value is -1.71. The molecular formula is C17H25Cl2F3N4O2. The van der Waals surface area contributed by atoms with Crippen LogP contribution in [-0.4, -0.2) is 30.6 Å². The van der Waals surface area contributed by atoms with Crippen LogP contribution in [0.5, 0.6) is 5.75 Å². The number of aliphatic imine (C=N–C) groups is 1. The number of hydrogen-bond donors (Lipinski definition) is 3. The van der Waals surface area contributed by atoms with Gasteiger partial charge in [-0.2, -0.15) is 13.2 Å².